The van der Waals surface area contributed by atoms with Gasteiger partial charge >= 0.3 is 0 Å². The first-order chi connectivity index (χ1) is 21.8. The predicted molar refractivity (Wildman–Crippen MR) is 179 cm³/mol. The normalized spacial score (nSPS) is 30.0. The van der Waals surface area contributed by atoms with Gasteiger partial charge < -0.3 is 30.5 Å². The topological polar surface area (TPSA) is 124 Å². The number of hydroxylamine groups is 2. The summed E-state index contributed by atoms with van der Waals surface area (Å²) < 4.78 is 5.82. The van der Waals surface area contributed by atoms with E-state index in [1.54, 1.807) is 49.5 Å². The fourth-order valence-corrected chi connectivity index (χ4v) is 7.74. The lowest BCUT2D eigenvalue weighted by atomic mass is 9.45. The first-order valence-corrected chi connectivity index (χ1v) is 16.5. The second kappa shape index (κ2) is 15.3. The Bertz CT molecular complexity index is 1310. The van der Waals surface area contributed by atoms with Crippen LogP contribution in [0.4, 0.5) is 0 Å². The summed E-state index contributed by atoms with van der Waals surface area (Å²) >= 11 is 0. The van der Waals surface area contributed by atoms with Gasteiger partial charge in [0.2, 0.25) is 5.91 Å². The van der Waals surface area contributed by atoms with Crippen LogP contribution < -0.4 is 10.6 Å². The summed E-state index contributed by atoms with van der Waals surface area (Å²) in [7, 11) is 5.46. The number of likely N-dealkylation sites (N-methyl/N-ethyl adjacent to an activating group) is 1. The van der Waals surface area contributed by atoms with E-state index < -0.39 is 24.2 Å². The van der Waals surface area contributed by atoms with E-state index in [0.29, 0.717) is 46.6 Å². The molecule has 3 aliphatic carbocycles. The van der Waals surface area contributed by atoms with Crippen LogP contribution in [0.25, 0.3) is 5.57 Å². The molecule has 0 aromatic heterocycles. The van der Waals surface area contributed by atoms with Crippen molar-refractivity contribution in [1.82, 2.24) is 20.6 Å². The molecule has 2 bridgehead atoms. The highest BCUT2D eigenvalue weighted by Gasteiger charge is 2.57. The van der Waals surface area contributed by atoms with Gasteiger partial charge in [-0.15, -0.1) is 0 Å². The maximum atomic E-state index is 14.0. The van der Waals surface area contributed by atoms with E-state index in [4.69, 9.17) is 9.57 Å². The number of aliphatic hydroxyl groups is 2. The van der Waals surface area contributed by atoms with Crippen LogP contribution in [0.3, 0.4) is 0 Å². The molecule has 4 aliphatic rings. The van der Waals surface area contributed by atoms with Gasteiger partial charge in [0.15, 0.2) is 0 Å². The number of allylic oxidation sites excluding steroid dienone is 3. The van der Waals surface area contributed by atoms with E-state index in [1.165, 1.54) is 6.42 Å². The molecule has 254 valence electrons. The SMILES string of the molecule is C=CC=C(C(=CCN1O[C@@H](CO)[C@@H]([C@H](C)O)[C@H]1C(=O)N[C@H]1C[C@H]2C[C@@H]([C@@H]1C)C2(C)C)OC)c1cccc(C(=O)NCCN(C)C)c1. The van der Waals surface area contributed by atoms with Crippen molar-refractivity contribution in [3.05, 3.63) is 66.0 Å². The maximum absolute atomic E-state index is 14.0. The zero-order valence-corrected chi connectivity index (χ0v) is 28.5. The van der Waals surface area contributed by atoms with E-state index >= 15 is 0 Å². The van der Waals surface area contributed by atoms with E-state index in [2.05, 4.69) is 38.0 Å². The van der Waals surface area contributed by atoms with Gasteiger partial charge in [-0.2, -0.15) is 5.06 Å². The number of methoxy groups -OCH3 is 1. The van der Waals surface area contributed by atoms with Gasteiger partial charge in [0, 0.05) is 42.7 Å². The van der Waals surface area contributed by atoms with Gasteiger partial charge in [0.1, 0.15) is 17.9 Å². The molecule has 10 nitrogen and oxygen atoms in total. The smallest absolute Gasteiger partial charge is 0.251 e. The minimum Gasteiger partial charge on any atom is -0.496 e. The summed E-state index contributed by atoms with van der Waals surface area (Å²) in [5, 5.41) is 28.7. The Balaban J connectivity index is 1.55. The minimum absolute atomic E-state index is 0.0496. The summed E-state index contributed by atoms with van der Waals surface area (Å²) in [6.07, 6.45) is 5.77. The van der Waals surface area contributed by atoms with Crippen molar-refractivity contribution in [3.8, 4) is 0 Å². The van der Waals surface area contributed by atoms with E-state index in [1.807, 2.05) is 31.1 Å². The number of nitrogens with zero attached hydrogens (tertiary/aromatic N) is 2. The molecular weight excluding hydrogens is 584 g/mol. The molecule has 46 heavy (non-hydrogen) atoms. The number of ether oxygens (including phenoxy) is 1. The number of aliphatic hydroxyl groups excluding tert-OH is 2. The zero-order chi connectivity index (χ0) is 33.8. The van der Waals surface area contributed by atoms with Crippen LogP contribution in [-0.2, 0) is 14.4 Å². The number of carbonyl (C=O) groups is 2. The van der Waals surface area contributed by atoms with Crippen LogP contribution in [0.15, 0.2) is 54.8 Å². The zero-order valence-electron chi connectivity index (χ0n) is 28.5. The van der Waals surface area contributed by atoms with Crippen LogP contribution in [0.5, 0.6) is 0 Å². The molecule has 4 N–H and O–H groups in total. The lowest BCUT2D eigenvalue weighted by Gasteiger charge is -2.62. The summed E-state index contributed by atoms with van der Waals surface area (Å²) in [5.41, 5.74) is 2.27. The molecule has 1 aromatic carbocycles. The summed E-state index contributed by atoms with van der Waals surface area (Å²) in [4.78, 5) is 34.9. The van der Waals surface area contributed by atoms with Crippen molar-refractivity contribution < 1.29 is 29.4 Å². The molecule has 5 rings (SSSR count). The number of hydrogen-bond acceptors (Lipinski definition) is 8. The summed E-state index contributed by atoms with van der Waals surface area (Å²) in [6, 6.07) is 6.52. The molecule has 1 aliphatic heterocycles. The highest BCUT2D eigenvalue weighted by molar-refractivity contribution is 5.95. The molecule has 1 saturated heterocycles. The Morgan fingerprint density at radius 1 is 1.26 bits per heavy atom. The molecule has 3 saturated carbocycles. The number of fused-ring (bicyclic) bond motifs is 2. The number of hydrogen-bond donors (Lipinski definition) is 4. The molecule has 1 heterocycles. The highest BCUT2D eigenvalue weighted by atomic mass is 16.7. The van der Waals surface area contributed by atoms with Crippen LogP contribution in [0.1, 0.15) is 56.5 Å². The second-order valence-corrected chi connectivity index (χ2v) is 14.0. The Morgan fingerprint density at radius 2 is 1.98 bits per heavy atom. The lowest BCUT2D eigenvalue weighted by molar-refractivity contribution is -0.172. The van der Waals surface area contributed by atoms with Crippen molar-refractivity contribution >= 4 is 17.4 Å². The van der Waals surface area contributed by atoms with Gasteiger partial charge in [0.05, 0.1) is 19.8 Å². The predicted octanol–water partition coefficient (Wildman–Crippen LogP) is 3.24. The number of rotatable bonds is 14. The van der Waals surface area contributed by atoms with Crippen molar-refractivity contribution in [2.75, 3.05) is 47.4 Å². The molecule has 10 heteroatoms. The van der Waals surface area contributed by atoms with E-state index in [-0.39, 0.29) is 31.0 Å². The van der Waals surface area contributed by atoms with E-state index in [0.717, 1.165) is 18.5 Å². The van der Waals surface area contributed by atoms with Gasteiger partial charge in [-0.3, -0.25) is 14.4 Å². The number of amides is 2. The van der Waals surface area contributed by atoms with Gasteiger partial charge in [-0.1, -0.05) is 51.6 Å². The molecule has 4 fully saturated rings. The standard InChI is InChI=1S/C36H54N4O6/c1-9-11-27(24-12-10-13-25(18-24)34(43)37-15-17-39(6)7)30(45-8)14-16-40-33(32(23(3)42)31(21-41)46-40)35(44)38-29-20-26-19-28(22(29)2)36(26,4)5/h9-14,18,22-23,26,28-29,31-33,41-42H,1,15-17,19-21H2,2-8H3,(H,37,43)(H,38,44)/t22-,23-,26+,28-,29-,31-,32+,33-/m0/s1. The average molecular weight is 639 g/mol. The Morgan fingerprint density at radius 3 is 2.57 bits per heavy atom. The van der Waals surface area contributed by atoms with Crippen molar-refractivity contribution in [3.63, 3.8) is 0 Å². The number of benzene rings is 1. The molecule has 1 aromatic rings. The second-order valence-electron chi connectivity index (χ2n) is 14.0. The maximum Gasteiger partial charge on any atom is 0.251 e. The van der Waals surface area contributed by atoms with Crippen LogP contribution in [-0.4, -0.2) is 104 Å². The Labute approximate surface area is 274 Å². The third-order valence-corrected chi connectivity index (χ3v) is 10.6. The molecule has 0 radical (unpaired) electrons. The van der Waals surface area contributed by atoms with Gasteiger partial charge in [-0.05, 0) is 80.8 Å². The lowest BCUT2D eigenvalue weighted by Crippen LogP contribution is -2.62. The molecule has 0 spiro atoms. The van der Waals surface area contributed by atoms with Gasteiger partial charge in [-0.25, -0.2) is 0 Å². The van der Waals surface area contributed by atoms with E-state index in [9.17, 15) is 19.8 Å². The molecule has 8 atom stereocenters. The largest absolute Gasteiger partial charge is 0.496 e. The molecular formula is C36H54N4O6. The Hall–Kier alpha value is -3.02. The first-order valence-electron chi connectivity index (χ1n) is 16.5. The number of nitrogens with one attached hydrogen (secondary N) is 2. The Kier molecular flexibility index (Phi) is 11.9. The third kappa shape index (κ3) is 7.58. The fourth-order valence-electron chi connectivity index (χ4n) is 7.74. The fraction of sp³-hybridized carbons (Fsp3) is 0.611. The summed E-state index contributed by atoms with van der Waals surface area (Å²) in [5.74, 6) is 0.983. The first kappa shape index (κ1) is 35.8. The highest BCUT2D eigenvalue weighted by Crippen LogP contribution is 2.61. The molecule has 2 amide bonds. The molecule has 0 unspecified atom stereocenters. The third-order valence-electron chi connectivity index (χ3n) is 10.6. The average Bonchev–Trinajstić information content (AvgIpc) is 3.40. The van der Waals surface area contributed by atoms with Crippen LogP contribution in [0.2, 0.25) is 0 Å². The van der Waals surface area contributed by atoms with Crippen molar-refractivity contribution in [1.29, 1.82) is 0 Å². The van der Waals surface area contributed by atoms with Crippen molar-refractivity contribution in [2.24, 2.45) is 29.1 Å². The van der Waals surface area contributed by atoms with Crippen molar-refractivity contribution in [2.45, 2.75) is 64.8 Å². The van der Waals surface area contributed by atoms with Gasteiger partial charge in [0.25, 0.3) is 5.91 Å². The van der Waals surface area contributed by atoms with Crippen LogP contribution in [0, 0.1) is 29.1 Å². The summed E-state index contributed by atoms with van der Waals surface area (Å²) in [6.45, 7) is 13.5. The quantitative estimate of drug-likeness (QED) is 0.181. The monoisotopic (exact) mass is 638 g/mol. The van der Waals surface area contributed by atoms with Crippen LogP contribution >= 0.6 is 0 Å². The number of carbonyl (C=O) groups excluding carboxylic acids is 2. The minimum atomic E-state index is -0.886.